The zero-order valence-electron chi connectivity index (χ0n) is 12.8. The number of furan rings is 1. The molecule has 0 saturated carbocycles. The van der Waals surface area contributed by atoms with E-state index in [1.165, 1.54) is 13.0 Å². The zero-order valence-corrected chi connectivity index (χ0v) is 12.8. The van der Waals surface area contributed by atoms with E-state index in [4.69, 9.17) is 9.15 Å². The van der Waals surface area contributed by atoms with Crippen LogP contribution in [-0.2, 0) is 16.1 Å². The Morgan fingerprint density at radius 2 is 2.14 bits per heavy atom. The summed E-state index contributed by atoms with van der Waals surface area (Å²) in [6.07, 6.45) is 2.57. The Hall–Kier alpha value is -2.57. The van der Waals surface area contributed by atoms with Crippen molar-refractivity contribution in [1.29, 1.82) is 0 Å². The summed E-state index contributed by atoms with van der Waals surface area (Å²) in [6.45, 7) is 5.61. The molecule has 118 valence electrons. The molecule has 0 saturated heterocycles. The molecule has 2 aromatic rings. The Morgan fingerprint density at radius 3 is 2.77 bits per heavy atom. The first-order valence-corrected chi connectivity index (χ1v) is 7.03. The maximum Gasteiger partial charge on any atom is 0.375 e. The van der Waals surface area contributed by atoms with E-state index in [-0.39, 0.29) is 17.7 Å². The summed E-state index contributed by atoms with van der Waals surface area (Å²) in [5.41, 5.74) is 0. The first-order valence-electron chi connectivity index (χ1n) is 7.03. The standard InChI is InChI=1S/C15H19N3O4/c1-10(2)17-14(19)11(3)21-15(20)13-6-5-12(22-13)9-18-8-4-7-16-18/h4-8,10-11H,9H2,1-3H3,(H,17,19). The molecule has 7 nitrogen and oxygen atoms in total. The number of carbonyl (C=O) groups is 2. The number of hydrogen-bond acceptors (Lipinski definition) is 5. The molecule has 0 spiro atoms. The lowest BCUT2D eigenvalue weighted by Crippen LogP contribution is -2.39. The number of esters is 1. The van der Waals surface area contributed by atoms with Crippen LogP contribution in [0.5, 0.6) is 0 Å². The van der Waals surface area contributed by atoms with Gasteiger partial charge in [-0.15, -0.1) is 0 Å². The van der Waals surface area contributed by atoms with Crippen LogP contribution in [0.25, 0.3) is 0 Å². The van der Waals surface area contributed by atoms with Gasteiger partial charge in [0.1, 0.15) is 5.76 Å². The number of nitrogens with one attached hydrogen (secondary N) is 1. The number of nitrogens with zero attached hydrogens (tertiary/aromatic N) is 2. The SMILES string of the molecule is CC(C)NC(=O)C(C)OC(=O)c1ccc(Cn2cccn2)o1. The second-order valence-corrected chi connectivity index (χ2v) is 5.18. The fourth-order valence-corrected chi connectivity index (χ4v) is 1.80. The first-order chi connectivity index (χ1) is 10.5. The van der Waals surface area contributed by atoms with Crippen molar-refractivity contribution in [1.82, 2.24) is 15.1 Å². The minimum Gasteiger partial charge on any atom is -0.452 e. The largest absolute Gasteiger partial charge is 0.452 e. The highest BCUT2D eigenvalue weighted by molar-refractivity contribution is 5.90. The number of hydrogen-bond donors (Lipinski definition) is 1. The van der Waals surface area contributed by atoms with Crippen molar-refractivity contribution in [2.75, 3.05) is 0 Å². The third-order valence-corrected chi connectivity index (χ3v) is 2.82. The molecule has 2 aromatic heterocycles. The molecule has 22 heavy (non-hydrogen) atoms. The van der Waals surface area contributed by atoms with Gasteiger partial charge in [-0.1, -0.05) is 0 Å². The molecule has 1 atom stereocenters. The quantitative estimate of drug-likeness (QED) is 0.819. The Balaban J connectivity index is 1.92. The van der Waals surface area contributed by atoms with Crippen molar-refractivity contribution >= 4 is 11.9 Å². The van der Waals surface area contributed by atoms with Crippen LogP contribution < -0.4 is 5.32 Å². The van der Waals surface area contributed by atoms with E-state index in [1.54, 1.807) is 29.2 Å². The monoisotopic (exact) mass is 305 g/mol. The summed E-state index contributed by atoms with van der Waals surface area (Å²) < 4.78 is 12.2. The summed E-state index contributed by atoms with van der Waals surface area (Å²) in [6, 6.07) is 4.98. The molecule has 0 aliphatic heterocycles. The highest BCUT2D eigenvalue weighted by Gasteiger charge is 2.21. The third kappa shape index (κ3) is 4.21. The highest BCUT2D eigenvalue weighted by Crippen LogP contribution is 2.11. The second kappa shape index (κ2) is 6.93. The minimum absolute atomic E-state index is 0.0158. The molecule has 0 radical (unpaired) electrons. The maximum atomic E-state index is 11.9. The van der Waals surface area contributed by atoms with E-state index < -0.39 is 12.1 Å². The van der Waals surface area contributed by atoms with Gasteiger partial charge in [0, 0.05) is 18.4 Å². The minimum atomic E-state index is -0.880. The Labute approximate surface area is 128 Å². The summed E-state index contributed by atoms with van der Waals surface area (Å²) in [7, 11) is 0. The number of rotatable bonds is 6. The number of ether oxygens (including phenoxy) is 1. The first kappa shape index (κ1) is 15.8. The lowest BCUT2D eigenvalue weighted by Gasteiger charge is -2.14. The summed E-state index contributed by atoms with van der Waals surface area (Å²) in [4.78, 5) is 23.6. The fourth-order valence-electron chi connectivity index (χ4n) is 1.80. The molecule has 0 aliphatic rings. The summed E-state index contributed by atoms with van der Waals surface area (Å²) >= 11 is 0. The second-order valence-electron chi connectivity index (χ2n) is 5.18. The highest BCUT2D eigenvalue weighted by atomic mass is 16.6. The average Bonchev–Trinajstić information content (AvgIpc) is 3.10. The summed E-state index contributed by atoms with van der Waals surface area (Å²) in [5, 5.41) is 6.73. The van der Waals surface area contributed by atoms with Gasteiger partial charge < -0.3 is 14.5 Å². The van der Waals surface area contributed by atoms with Gasteiger partial charge >= 0.3 is 5.97 Å². The Morgan fingerprint density at radius 1 is 1.36 bits per heavy atom. The van der Waals surface area contributed by atoms with Crippen LogP contribution >= 0.6 is 0 Å². The Kier molecular flexibility index (Phi) is 4.98. The predicted molar refractivity (Wildman–Crippen MR) is 78.2 cm³/mol. The lowest BCUT2D eigenvalue weighted by molar-refractivity contribution is -0.129. The van der Waals surface area contributed by atoms with Gasteiger partial charge in [-0.25, -0.2) is 4.79 Å². The number of amides is 1. The molecule has 1 N–H and O–H groups in total. The molecule has 0 aliphatic carbocycles. The van der Waals surface area contributed by atoms with Gasteiger partial charge in [0.25, 0.3) is 5.91 Å². The Bertz CT molecular complexity index is 631. The van der Waals surface area contributed by atoms with Crippen molar-refractivity contribution in [2.45, 2.75) is 39.5 Å². The van der Waals surface area contributed by atoms with Crippen molar-refractivity contribution in [3.63, 3.8) is 0 Å². The molecule has 2 rings (SSSR count). The van der Waals surface area contributed by atoms with Crippen LogP contribution in [0, 0.1) is 0 Å². The van der Waals surface area contributed by atoms with Crippen molar-refractivity contribution in [2.24, 2.45) is 0 Å². The van der Waals surface area contributed by atoms with Crippen LogP contribution in [0.4, 0.5) is 0 Å². The van der Waals surface area contributed by atoms with Gasteiger partial charge in [0.05, 0.1) is 6.54 Å². The third-order valence-electron chi connectivity index (χ3n) is 2.82. The van der Waals surface area contributed by atoms with Crippen LogP contribution in [0.3, 0.4) is 0 Å². The molecule has 0 fully saturated rings. The fraction of sp³-hybridized carbons (Fsp3) is 0.400. The number of aromatic nitrogens is 2. The van der Waals surface area contributed by atoms with Gasteiger partial charge in [0.2, 0.25) is 5.76 Å². The maximum absolute atomic E-state index is 11.9. The average molecular weight is 305 g/mol. The van der Waals surface area contributed by atoms with Crippen LogP contribution in [0.15, 0.2) is 35.0 Å². The van der Waals surface area contributed by atoms with Crippen LogP contribution in [0.1, 0.15) is 37.1 Å². The molecule has 2 heterocycles. The van der Waals surface area contributed by atoms with E-state index in [2.05, 4.69) is 10.4 Å². The van der Waals surface area contributed by atoms with Crippen molar-refractivity contribution < 1.29 is 18.7 Å². The molecule has 0 aromatic carbocycles. The molecule has 1 unspecified atom stereocenters. The molecular weight excluding hydrogens is 286 g/mol. The van der Waals surface area contributed by atoms with E-state index >= 15 is 0 Å². The van der Waals surface area contributed by atoms with E-state index in [0.717, 1.165) is 0 Å². The van der Waals surface area contributed by atoms with Crippen LogP contribution in [-0.4, -0.2) is 33.8 Å². The lowest BCUT2D eigenvalue weighted by atomic mass is 10.3. The van der Waals surface area contributed by atoms with Gasteiger partial charge in [0.15, 0.2) is 6.10 Å². The predicted octanol–water partition coefficient (Wildman–Crippen LogP) is 1.59. The molecule has 1 amide bonds. The molecular formula is C15H19N3O4. The molecule has 7 heteroatoms. The van der Waals surface area contributed by atoms with E-state index in [9.17, 15) is 9.59 Å². The van der Waals surface area contributed by atoms with Gasteiger partial charge in [-0.05, 0) is 39.0 Å². The van der Waals surface area contributed by atoms with Gasteiger partial charge in [-0.3, -0.25) is 9.48 Å². The van der Waals surface area contributed by atoms with Crippen molar-refractivity contribution in [3.8, 4) is 0 Å². The van der Waals surface area contributed by atoms with Crippen LogP contribution in [0.2, 0.25) is 0 Å². The number of carbonyl (C=O) groups excluding carboxylic acids is 2. The normalized spacial score (nSPS) is 12.2. The zero-order chi connectivity index (χ0) is 16.1. The van der Waals surface area contributed by atoms with Gasteiger partial charge in [-0.2, -0.15) is 5.10 Å². The van der Waals surface area contributed by atoms with E-state index in [0.29, 0.717) is 12.3 Å². The molecule has 0 bridgehead atoms. The van der Waals surface area contributed by atoms with Crippen molar-refractivity contribution in [3.05, 3.63) is 42.1 Å². The topological polar surface area (TPSA) is 86.4 Å². The summed E-state index contributed by atoms with van der Waals surface area (Å²) in [5.74, 6) is -0.369. The van der Waals surface area contributed by atoms with E-state index in [1.807, 2.05) is 13.8 Å². The smallest absolute Gasteiger partial charge is 0.375 e.